The van der Waals surface area contributed by atoms with Crippen molar-refractivity contribution in [3.05, 3.63) is 134 Å². The minimum Gasteiger partial charge on any atom is -0.153 e. The highest BCUT2D eigenvalue weighted by Gasteiger charge is 2.50. The van der Waals surface area contributed by atoms with Gasteiger partial charge in [-0.25, -0.2) is 0 Å². The largest absolute Gasteiger partial charge is 0.153 e. The van der Waals surface area contributed by atoms with E-state index in [1.165, 1.54) is 37.0 Å². The summed E-state index contributed by atoms with van der Waals surface area (Å²) in [6.45, 7) is 0. The average Bonchev–Trinajstić information content (AvgIpc) is 3.40. The number of hydrogen-bond acceptors (Lipinski definition) is 2. The number of nitrogens with zero attached hydrogens (tertiary/aromatic N) is 2. The van der Waals surface area contributed by atoms with E-state index in [0.717, 1.165) is 22.6 Å². The molecule has 3 aliphatic carbocycles. The van der Waals surface area contributed by atoms with Gasteiger partial charge in [0.05, 0.1) is 16.8 Å². The highest BCUT2D eigenvalue weighted by atomic mass is 127. The number of rotatable bonds is 1. The molecule has 7 rings (SSSR count). The van der Waals surface area contributed by atoms with Crippen LogP contribution in [0.3, 0.4) is 0 Å². The van der Waals surface area contributed by atoms with E-state index in [1.807, 2.05) is 0 Å². The lowest BCUT2D eigenvalue weighted by Gasteiger charge is -2.39. The molecule has 150 valence electrons. The summed E-state index contributed by atoms with van der Waals surface area (Å²) in [6, 6.07) is 25.8. The molecule has 2 nitrogen and oxygen atoms in total. The Hall–Kier alpha value is -3.31. The van der Waals surface area contributed by atoms with Crippen LogP contribution in [0.1, 0.15) is 27.8 Å². The van der Waals surface area contributed by atoms with E-state index >= 15 is 0 Å². The summed E-state index contributed by atoms with van der Waals surface area (Å²) in [5, 5.41) is 9.69. The van der Waals surface area contributed by atoms with E-state index < -0.39 is 5.41 Å². The number of allylic oxidation sites excluding steroid dienone is 6. The first-order valence-electron chi connectivity index (χ1n) is 10.7. The maximum Gasteiger partial charge on any atom is 0.0983 e. The van der Waals surface area contributed by atoms with Gasteiger partial charge in [-0.3, -0.25) is 0 Å². The summed E-state index contributed by atoms with van der Waals surface area (Å²) in [7, 11) is 0. The van der Waals surface area contributed by atoms with E-state index in [1.54, 1.807) is 0 Å². The maximum absolute atomic E-state index is 4.91. The molecule has 0 N–H and O–H groups in total. The second-order valence-electron chi connectivity index (χ2n) is 8.44. The lowest BCUT2D eigenvalue weighted by atomic mass is 9.63. The highest BCUT2D eigenvalue weighted by molar-refractivity contribution is 14.1. The Morgan fingerprint density at radius 3 is 2.19 bits per heavy atom. The molecule has 0 amide bonds. The molecule has 0 radical (unpaired) electrons. The molecule has 1 atom stereocenters. The van der Waals surface area contributed by atoms with Crippen LogP contribution in [0.5, 0.6) is 0 Å². The maximum atomic E-state index is 4.91. The molecule has 4 aliphatic rings. The molecule has 3 heteroatoms. The van der Waals surface area contributed by atoms with Gasteiger partial charge in [0, 0.05) is 14.7 Å². The van der Waals surface area contributed by atoms with Gasteiger partial charge in [-0.05, 0) is 80.3 Å². The summed E-state index contributed by atoms with van der Waals surface area (Å²) in [5.74, 6) is 0. The Balaban J connectivity index is 1.53. The molecule has 1 aliphatic heterocycles. The van der Waals surface area contributed by atoms with Gasteiger partial charge in [0.1, 0.15) is 0 Å². The minimum absolute atomic E-state index is 0.480. The Morgan fingerprint density at radius 1 is 0.688 bits per heavy atom. The number of halogens is 1. The van der Waals surface area contributed by atoms with Crippen molar-refractivity contribution in [1.82, 2.24) is 0 Å². The van der Waals surface area contributed by atoms with Gasteiger partial charge in [0.15, 0.2) is 0 Å². The van der Waals surface area contributed by atoms with Crippen LogP contribution in [0.25, 0.3) is 17.7 Å². The van der Waals surface area contributed by atoms with Crippen LogP contribution in [0.4, 0.5) is 0 Å². The summed E-state index contributed by atoms with van der Waals surface area (Å²) in [5.41, 5.74) is 11.3. The molecule has 3 aromatic rings. The molecule has 0 saturated carbocycles. The first-order chi connectivity index (χ1) is 15.8. The Bertz CT molecular complexity index is 1490. The van der Waals surface area contributed by atoms with Crippen molar-refractivity contribution in [3.63, 3.8) is 0 Å². The second-order valence-corrected chi connectivity index (χ2v) is 9.69. The molecule has 0 aromatic heterocycles. The predicted molar refractivity (Wildman–Crippen MR) is 141 cm³/mol. The van der Waals surface area contributed by atoms with E-state index in [0.29, 0.717) is 0 Å². The molecular formula is C29H17IN2. The molecule has 32 heavy (non-hydrogen) atoms. The summed E-state index contributed by atoms with van der Waals surface area (Å²) in [4.78, 5) is 0. The fourth-order valence-corrected chi connectivity index (χ4v) is 5.75. The van der Waals surface area contributed by atoms with Crippen LogP contribution in [0.2, 0.25) is 0 Å². The van der Waals surface area contributed by atoms with E-state index in [-0.39, 0.29) is 0 Å². The number of benzene rings is 3. The van der Waals surface area contributed by atoms with E-state index in [4.69, 9.17) is 10.2 Å². The zero-order chi connectivity index (χ0) is 21.3. The molecule has 1 unspecified atom stereocenters. The standard InChI is InChI=1S/C29H17IN2/c30-21-13-11-18(12-14-21)28-29(26-17-20-7-2-4-9-23(20)27(26)31-32-28)15-5-10-24-22-8-3-1-6-19(22)16-25(24)29/h1-17H. The molecule has 3 aromatic carbocycles. The third kappa shape index (κ3) is 2.34. The third-order valence-electron chi connectivity index (χ3n) is 6.81. The van der Waals surface area contributed by atoms with Crippen molar-refractivity contribution < 1.29 is 0 Å². The van der Waals surface area contributed by atoms with Crippen molar-refractivity contribution in [1.29, 1.82) is 0 Å². The van der Waals surface area contributed by atoms with Gasteiger partial charge >= 0.3 is 0 Å². The van der Waals surface area contributed by atoms with Crippen LogP contribution in [0, 0.1) is 8.99 Å². The Kier molecular flexibility index (Phi) is 3.77. The summed E-state index contributed by atoms with van der Waals surface area (Å²) >= 11 is 2.35. The molecule has 0 fully saturated rings. The van der Waals surface area contributed by atoms with E-state index in [9.17, 15) is 0 Å². The molecule has 1 heterocycles. The van der Waals surface area contributed by atoms with Crippen molar-refractivity contribution in [2.24, 2.45) is 15.6 Å². The first kappa shape index (κ1) is 18.3. The zero-order valence-electron chi connectivity index (χ0n) is 17.1. The second kappa shape index (κ2) is 6.59. The van der Waals surface area contributed by atoms with Gasteiger partial charge < -0.3 is 0 Å². The van der Waals surface area contributed by atoms with Gasteiger partial charge in [0.2, 0.25) is 0 Å². The fourth-order valence-electron chi connectivity index (χ4n) is 5.39. The lowest BCUT2D eigenvalue weighted by Crippen LogP contribution is -2.39. The number of fused-ring (bicyclic) bond motifs is 8. The van der Waals surface area contributed by atoms with Gasteiger partial charge in [0.25, 0.3) is 0 Å². The molecule has 1 spiro atoms. The van der Waals surface area contributed by atoms with Crippen molar-refractivity contribution >= 4 is 51.7 Å². The van der Waals surface area contributed by atoms with Crippen molar-refractivity contribution in [2.45, 2.75) is 0 Å². The first-order valence-corrected chi connectivity index (χ1v) is 11.8. The lowest BCUT2D eigenvalue weighted by molar-refractivity contribution is 0.798. The number of hydrogen-bond donors (Lipinski definition) is 0. The Morgan fingerprint density at radius 2 is 1.38 bits per heavy atom. The molecule has 0 bridgehead atoms. The van der Waals surface area contributed by atoms with Crippen LogP contribution in [-0.4, -0.2) is 11.4 Å². The molecular weight excluding hydrogens is 503 g/mol. The average molecular weight is 520 g/mol. The minimum atomic E-state index is -0.480. The summed E-state index contributed by atoms with van der Waals surface area (Å²) in [6.07, 6.45) is 11.4. The van der Waals surface area contributed by atoms with Crippen LogP contribution in [0.15, 0.2) is 112 Å². The zero-order valence-corrected chi connectivity index (χ0v) is 19.2. The molecule has 0 saturated heterocycles. The summed E-state index contributed by atoms with van der Waals surface area (Å²) < 4.78 is 1.21. The van der Waals surface area contributed by atoms with Crippen LogP contribution < -0.4 is 0 Å². The fraction of sp³-hybridized carbons (Fsp3) is 0.0345. The van der Waals surface area contributed by atoms with Crippen molar-refractivity contribution in [3.8, 4) is 0 Å². The predicted octanol–water partition coefficient (Wildman–Crippen LogP) is 6.93. The highest BCUT2D eigenvalue weighted by Crippen LogP contribution is 2.56. The normalized spacial score (nSPS) is 21.6. The smallest absolute Gasteiger partial charge is 0.0983 e. The van der Waals surface area contributed by atoms with Crippen molar-refractivity contribution in [2.75, 3.05) is 0 Å². The monoisotopic (exact) mass is 520 g/mol. The quantitative estimate of drug-likeness (QED) is 0.311. The topological polar surface area (TPSA) is 24.7 Å². The van der Waals surface area contributed by atoms with Crippen LogP contribution >= 0.6 is 22.6 Å². The third-order valence-corrected chi connectivity index (χ3v) is 7.53. The van der Waals surface area contributed by atoms with Gasteiger partial charge in [-0.1, -0.05) is 78.9 Å². The van der Waals surface area contributed by atoms with Gasteiger partial charge in [-0.15, -0.1) is 5.10 Å². The van der Waals surface area contributed by atoms with Crippen LogP contribution in [-0.2, 0) is 0 Å². The SMILES string of the molecule is Ic1ccc(C2=NN=C3C(=Cc4ccccc43)C23C=CC=C2C3=Cc3ccccc32)cc1. The van der Waals surface area contributed by atoms with E-state index in [2.05, 4.69) is 126 Å². The van der Waals surface area contributed by atoms with Gasteiger partial charge in [-0.2, -0.15) is 5.10 Å². The Labute approximate surface area is 200 Å².